The summed E-state index contributed by atoms with van der Waals surface area (Å²) in [5.74, 6) is 0.846. The minimum absolute atomic E-state index is 0.202. The molecular weight excluding hydrogens is 256 g/mol. The first-order chi connectivity index (χ1) is 9.72. The van der Waals surface area contributed by atoms with Crippen LogP contribution >= 0.6 is 0 Å². The molecule has 0 bridgehead atoms. The van der Waals surface area contributed by atoms with Crippen LogP contribution in [0.25, 0.3) is 0 Å². The van der Waals surface area contributed by atoms with Gasteiger partial charge in [-0.3, -0.25) is 0 Å². The third-order valence-corrected chi connectivity index (χ3v) is 3.41. The Kier molecular flexibility index (Phi) is 5.03. The highest BCUT2D eigenvalue weighted by Gasteiger charge is 2.23. The molecule has 110 valence electrons. The summed E-state index contributed by atoms with van der Waals surface area (Å²) >= 11 is 0. The van der Waals surface area contributed by atoms with Crippen LogP contribution in [0.2, 0.25) is 0 Å². The fourth-order valence-corrected chi connectivity index (χ4v) is 2.31. The number of nitrogens with zero attached hydrogens (tertiary/aromatic N) is 2. The van der Waals surface area contributed by atoms with Crippen LogP contribution in [0.3, 0.4) is 0 Å². The lowest BCUT2D eigenvalue weighted by Crippen LogP contribution is -2.42. The highest BCUT2D eigenvalue weighted by atomic mass is 16.6. The highest BCUT2D eigenvalue weighted by Crippen LogP contribution is 2.18. The van der Waals surface area contributed by atoms with Crippen LogP contribution in [0.15, 0.2) is 18.3 Å². The summed E-state index contributed by atoms with van der Waals surface area (Å²) in [6, 6.07) is 4.32. The number of ether oxygens (including phenoxy) is 1. The van der Waals surface area contributed by atoms with E-state index in [1.54, 1.807) is 11.1 Å². The second kappa shape index (κ2) is 6.98. The molecule has 0 aromatic carbocycles. The van der Waals surface area contributed by atoms with Gasteiger partial charge in [-0.25, -0.2) is 9.78 Å². The molecule has 0 saturated carbocycles. The van der Waals surface area contributed by atoms with Crippen molar-refractivity contribution in [2.45, 2.75) is 25.8 Å². The lowest BCUT2D eigenvalue weighted by molar-refractivity contribution is 0.0983. The molecule has 1 aliphatic rings. The zero-order valence-corrected chi connectivity index (χ0v) is 12.1. The van der Waals surface area contributed by atoms with Crippen molar-refractivity contribution in [1.82, 2.24) is 9.88 Å². The van der Waals surface area contributed by atoms with Crippen LogP contribution in [0, 0.1) is 0 Å². The summed E-state index contributed by atoms with van der Waals surface area (Å²) in [7, 11) is 1.85. The molecule has 0 unspecified atom stereocenters. The number of pyridine rings is 1. The highest BCUT2D eigenvalue weighted by molar-refractivity contribution is 5.67. The fourth-order valence-electron chi connectivity index (χ4n) is 2.31. The van der Waals surface area contributed by atoms with Gasteiger partial charge in [-0.2, -0.15) is 0 Å². The summed E-state index contributed by atoms with van der Waals surface area (Å²) in [6.45, 7) is 3.73. The van der Waals surface area contributed by atoms with E-state index in [2.05, 4.69) is 15.6 Å². The van der Waals surface area contributed by atoms with E-state index in [0.29, 0.717) is 12.6 Å². The van der Waals surface area contributed by atoms with E-state index in [1.165, 1.54) is 0 Å². The van der Waals surface area contributed by atoms with E-state index in [4.69, 9.17) is 4.74 Å². The molecule has 0 spiro atoms. The van der Waals surface area contributed by atoms with E-state index >= 15 is 0 Å². The Hall–Kier alpha value is -1.98. The summed E-state index contributed by atoms with van der Waals surface area (Å²) in [5.41, 5.74) is 1.05. The smallest absolute Gasteiger partial charge is 0.409 e. The van der Waals surface area contributed by atoms with Crippen molar-refractivity contribution in [1.29, 1.82) is 0 Å². The average molecular weight is 278 g/mol. The van der Waals surface area contributed by atoms with Crippen LogP contribution < -0.4 is 10.6 Å². The van der Waals surface area contributed by atoms with Gasteiger partial charge < -0.3 is 20.3 Å². The third-order valence-electron chi connectivity index (χ3n) is 3.41. The van der Waals surface area contributed by atoms with Gasteiger partial charge in [-0.15, -0.1) is 0 Å². The summed E-state index contributed by atoms with van der Waals surface area (Å²) in [4.78, 5) is 17.6. The Morgan fingerprint density at radius 1 is 1.50 bits per heavy atom. The number of nitrogens with one attached hydrogen (secondary N) is 2. The van der Waals surface area contributed by atoms with Crippen molar-refractivity contribution in [3.63, 3.8) is 0 Å². The monoisotopic (exact) mass is 278 g/mol. The third kappa shape index (κ3) is 3.76. The number of anilines is 2. The van der Waals surface area contributed by atoms with E-state index < -0.39 is 0 Å². The van der Waals surface area contributed by atoms with Gasteiger partial charge in [-0.05, 0) is 25.8 Å². The number of carbonyl (C=O) groups excluding carboxylic acids is 1. The Balaban J connectivity index is 1.83. The number of amides is 1. The zero-order valence-electron chi connectivity index (χ0n) is 12.1. The molecule has 20 heavy (non-hydrogen) atoms. The van der Waals surface area contributed by atoms with Gasteiger partial charge in [0, 0.05) is 44.1 Å². The molecule has 0 aliphatic carbocycles. The molecule has 2 heterocycles. The van der Waals surface area contributed by atoms with Crippen LogP contribution in [-0.4, -0.2) is 48.8 Å². The predicted molar refractivity (Wildman–Crippen MR) is 79.0 cm³/mol. The van der Waals surface area contributed by atoms with Gasteiger partial charge in [0.1, 0.15) is 5.82 Å². The molecule has 1 fully saturated rings. The van der Waals surface area contributed by atoms with E-state index in [1.807, 2.05) is 26.1 Å². The SMILES string of the molecule is CCOC(=O)N1CCC(Nc2ccnc(NC)c2)CC1. The van der Waals surface area contributed by atoms with Crippen molar-refractivity contribution in [3.8, 4) is 0 Å². The van der Waals surface area contributed by atoms with Gasteiger partial charge in [0.2, 0.25) is 0 Å². The first-order valence-electron chi connectivity index (χ1n) is 7.05. The second-order valence-electron chi connectivity index (χ2n) is 4.78. The molecule has 0 atom stereocenters. The minimum atomic E-state index is -0.202. The molecule has 1 aromatic rings. The fraction of sp³-hybridized carbons (Fsp3) is 0.571. The van der Waals surface area contributed by atoms with Crippen molar-refractivity contribution < 1.29 is 9.53 Å². The van der Waals surface area contributed by atoms with Gasteiger partial charge in [-0.1, -0.05) is 0 Å². The molecule has 1 amide bonds. The number of rotatable bonds is 4. The topological polar surface area (TPSA) is 66.5 Å². The number of hydrogen-bond acceptors (Lipinski definition) is 5. The average Bonchev–Trinajstić information content (AvgIpc) is 2.48. The van der Waals surface area contributed by atoms with Crippen LogP contribution in [0.1, 0.15) is 19.8 Å². The number of carbonyl (C=O) groups is 1. The maximum atomic E-state index is 11.6. The zero-order chi connectivity index (χ0) is 14.4. The Morgan fingerprint density at radius 3 is 2.90 bits per heavy atom. The van der Waals surface area contributed by atoms with E-state index in [9.17, 15) is 4.79 Å². The largest absolute Gasteiger partial charge is 0.450 e. The molecule has 2 rings (SSSR count). The van der Waals surface area contributed by atoms with Gasteiger partial charge in [0.25, 0.3) is 0 Å². The first kappa shape index (κ1) is 14.4. The number of likely N-dealkylation sites (tertiary alicyclic amines) is 1. The molecule has 1 aliphatic heterocycles. The number of piperidine rings is 1. The van der Waals surface area contributed by atoms with Gasteiger partial charge in [0.05, 0.1) is 6.61 Å². The maximum Gasteiger partial charge on any atom is 0.409 e. The van der Waals surface area contributed by atoms with Crippen molar-refractivity contribution in [2.75, 3.05) is 37.4 Å². The standard InChI is InChI=1S/C14H22N4O2/c1-3-20-14(19)18-8-5-11(6-9-18)17-12-4-7-16-13(10-12)15-2/h4,7,10-11H,3,5-6,8-9H2,1-2H3,(H2,15,16,17). The number of hydrogen-bond donors (Lipinski definition) is 2. The van der Waals surface area contributed by atoms with Crippen LogP contribution in [0.4, 0.5) is 16.3 Å². The minimum Gasteiger partial charge on any atom is -0.450 e. The van der Waals surface area contributed by atoms with E-state index in [-0.39, 0.29) is 6.09 Å². The molecule has 0 radical (unpaired) electrons. The second-order valence-corrected chi connectivity index (χ2v) is 4.78. The Morgan fingerprint density at radius 2 is 2.25 bits per heavy atom. The summed E-state index contributed by atoms with van der Waals surface area (Å²) < 4.78 is 5.02. The summed E-state index contributed by atoms with van der Waals surface area (Å²) in [5, 5.41) is 6.51. The molecule has 6 heteroatoms. The molecular formula is C14H22N4O2. The van der Waals surface area contributed by atoms with Crippen molar-refractivity contribution in [2.24, 2.45) is 0 Å². The molecule has 1 aromatic heterocycles. The quantitative estimate of drug-likeness (QED) is 0.883. The lowest BCUT2D eigenvalue weighted by atomic mass is 10.1. The Bertz CT molecular complexity index is 445. The van der Waals surface area contributed by atoms with Crippen LogP contribution in [-0.2, 0) is 4.74 Å². The maximum absolute atomic E-state index is 11.6. The number of aromatic nitrogens is 1. The summed E-state index contributed by atoms with van der Waals surface area (Å²) in [6.07, 6.45) is 3.43. The van der Waals surface area contributed by atoms with Crippen molar-refractivity contribution in [3.05, 3.63) is 18.3 Å². The Labute approximate surface area is 119 Å². The van der Waals surface area contributed by atoms with Crippen LogP contribution in [0.5, 0.6) is 0 Å². The van der Waals surface area contributed by atoms with E-state index in [0.717, 1.165) is 37.4 Å². The lowest BCUT2D eigenvalue weighted by Gasteiger charge is -2.32. The molecule has 1 saturated heterocycles. The van der Waals surface area contributed by atoms with Gasteiger partial charge in [0.15, 0.2) is 0 Å². The predicted octanol–water partition coefficient (Wildman–Crippen LogP) is 2.16. The van der Waals surface area contributed by atoms with Crippen molar-refractivity contribution >= 4 is 17.6 Å². The normalized spacial score (nSPS) is 15.8. The first-order valence-corrected chi connectivity index (χ1v) is 7.05. The molecule has 6 nitrogen and oxygen atoms in total. The molecule has 2 N–H and O–H groups in total. The van der Waals surface area contributed by atoms with Gasteiger partial charge >= 0.3 is 6.09 Å².